The molecule has 2 atom stereocenters. The van der Waals surface area contributed by atoms with Gasteiger partial charge in [-0.1, -0.05) is 11.6 Å². The number of aliphatic hydroxyl groups is 2. The number of benzene rings is 1. The Morgan fingerprint density at radius 2 is 2.18 bits per heavy atom. The van der Waals surface area contributed by atoms with E-state index in [2.05, 4.69) is 5.32 Å². The fourth-order valence-corrected chi connectivity index (χ4v) is 2.79. The number of carbonyl (C=O) groups is 2. The van der Waals surface area contributed by atoms with Gasteiger partial charge in [0.25, 0.3) is 5.91 Å². The molecule has 0 unspecified atom stereocenters. The van der Waals surface area contributed by atoms with E-state index in [0.29, 0.717) is 30.8 Å². The van der Waals surface area contributed by atoms with Crippen LogP contribution in [0.1, 0.15) is 23.7 Å². The molecule has 7 heteroatoms. The number of amides is 2. The Balaban J connectivity index is 2.14. The van der Waals surface area contributed by atoms with Crippen LogP contribution in [-0.4, -0.2) is 52.7 Å². The Hall–Kier alpha value is -1.63. The van der Waals surface area contributed by atoms with E-state index in [0.717, 1.165) is 0 Å². The summed E-state index contributed by atoms with van der Waals surface area (Å²) in [5.41, 5.74) is 0.861. The van der Waals surface area contributed by atoms with E-state index in [9.17, 15) is 19.8 Å². The number of rotatable bonds is 3. The van der Waals surface area contributed by atoms with Crippen molar-refractivity contribution in [3.63, 3.8) is 0 Å². The van der Waals surface area contributed by atoms with E-state index in [1.54, 1.807) is 17.0 Å². The van der Waals surface area contributed by atoms with Crippen molar-refractivity contribution >= 4 is 29.1 Å². The first-order valence-electron chi connectivity index (χ1n) is 7.07. The number of hydrogen-bond acceptors (Lipinski definition) is 4. The van der Waals surface area contributed by atoms with E-state index < -0.39 is 6.10 Å². The molecule has 2 rings (SSSR count). The van der Waals surface area contributed by atoms with E-state index in [4.69, 9.17) is 11.6 Å². The van der Waals surface area contributed by atoms with Gasteiger partial charge in [0.15, 0.2) is 0 Å². The van der Waals surface area contributed by atoms with Crippen molar-refractivity contribution in [3.05, 3.63) is 28.8 Å². The molecule has 1 heterocycles. The zero-order valence-electron chi connectivity index (χ0n) is 12.3. The van der Waals surface area contributed by atoms with Crippen LogP contribution in [0.5, 0.6) is 0 Å². The van der Waals surface area contributed by atoms with Crippen LogP contribution >= 0.6 is 11.6 Å². The average molecular weight is 327 g/mol. The molecule has 1 aromatic rings. The lowest BCUT2D eigenvalue weighted by Gasteiger charge is -2.35. The highest BCUT2D eigenvalue weighted by Gasteiger charge is 2.30. The lowest BCUT2D eigenvalue weighted by Crippen LogP contribution is -2.47. The van der Waals surface area contributed by atoms with Gasteiger partial charge in [0.2, 0.25) is 5.91 Å². The van der Waals surface area contributed by atoms with Gasteiger partial charge in [-0.15, -0.1) is 0 Å². The molecular weight excluding hydrogens is 308 g/mol. The Morgan fingerprint density at radius 3 is 2.77 bits per heavy atom. The summed E-state index contributed by atoms with van der Waals surface area (Å²) in [6.45, 7) is 1.93. The van der Waals surface area contributed by atoms with Crippen LogP contribution in [0.25, 0.3) is 0 Å². The third-order valence-electron chi connectivity index (χ3n) is 3.74. The molecule has 0 saturated carbocycles. The van der Waals surface area contributed by atoms with Crippen molar-refractivity contribution in [2.24, 2.45) is 5.92 Å². The Morgan fingerprint density at radius 1 is 1.45 bits per heavy atom. The number of halogens is 1. The summed E-state index contributed by atoms with van der Waals surface area (Å²) in [5, 5.41) is 21.8. The molecule has 22 heavy (non-hydrogen) atoms. The topological polar surface area (TPSA) is 89.9 Å². The molecule has 0 bridgehead atoms. The fourth-order valence-electron chi connectivity index (χ4n) is 2.52. The minimum absolute atomic E-state index is 0.167. The second kappa shape index (κ2) is 7.09. The number of carbonyl (C=O) groups excluding carboxylic acids is 2. The summed E-state index contributed by atoms with van der Waals surface area (Å²) >= 11 is 6.13. The number of piperidine rings is 1. The Bertz CT molecular complexity index is 579. The standard InChI is InChI=1S/C15H19ClN2O4/c1-9(20)17-11-2-3-12(13(16)6-11)15(22)18-5-4-14(21)10(7-18)8-19/h2-3,6,10,14,19,21H,4-5,7-8H2,1H3,(H,17,20)/t10-,14-/m1/s1. The van der Waals surface area contributed by atoms with Crippen LogP contribution in [0.2, 0.25) is 5.02 Å². The molecule has 2 amide bonds. The highest BCUT2D eigenvalue weighted by atomic mass is 35.5. The summed E-state index contributed by atoms with van der Waals surface area (Å²) in [7, 11) is 0. The number of nitrogens with zero attached hydrogens (tertiary/aromatic N) is 1. The van der Waals surface area contributed by atoms with Crippen LogP contribution in [0.3, 0.4) is 0 Å². The second-order valence-electron chi connectivity index (χ2n) is 5.43. The zero-order chi connectivity index (χ0) is 16.3. The van der Waals surface area contributed by atoms with Gasteiger partial charge in [0.05, 0.1) is 23.3 Å². The molecule has 1 aromatic carbocycles. The molecule has 1 saturated heterocycles. The Kier molecular flexibility index (Phi) is 5.39. The monoisotopic (exact) mass is 326 g/mol. The smallest absolute Gasteiger partial charge is 0.255 e. The van der Waals surface area contributed by atoms with Gasteiger partial charge in [-0.25, -0.2) is 0 Å². The molecule has 3 N–H and O–H groups in total. The van der Waals surface area contributed by atoms with Gasteiger partial charge >= 0.3 is 0 Å². The van der Waals surface area contributed by atoms with Gasteiger partial charge in [-0.05, 0) is 24.6 Å². The zero-order valence-corrected chi connectivity index (χ0v) is 13.0. The first kappa shape index (κ1) is 16.7. The van der Waals surface area contributed by atoms with E-state index in [-0.39, 0.29) is 29.4 Å². The molecule has 0 aliphatic carbocycles. The van der Waals surface area contributed by atoms with E-state index in [1.165, 1.54) is 13.0 Å². The molecule has 1 fully saturated rings. The van der Waals surface area contributed by atoms with Crippen molar-refractivity contribution in [1.29, 1.82) is 0 Å². The maximum atomic E-state index is 12.5. The van der Waals surface area contributed by atoms with E-state index in [1.807, 2.05) is 0 Å². The van der Waals surface area contributed by atoms with Crippen LogP contribution in [0.15, 0.2) is 18.2 Å². The van der Waals surface area contributed by atoms with Crippen LogP contribution < -0.4 is 5.32 Å². The fraction of sp³-hybridized carbons (Fsp3) is 0.467. The van der Waals surface area contributed by atoms with Gasteiger partial charge in [-0.3, -0.25) is 9.59 Å². The largest absolute Gasteiger partial charge is 0.396 e. The predicted octanol–water partition coefficient (Wildman–Crippen LogP) is 1.11. The lowest BCUT2D eigenvalue weighted by molar-refractivity contribution is -0.114. The predicted molar refractivity (Wildman–Crippen MR) is 82.9 cm³/mol. The first-order valence-corrected chi connectivity index (χ1v) is 7.45. The molecule has 120 valence electrons. The molecule has 0 spiro atoms. The van der Waals surface area contributed by atoms with Crippen LogP contribution in [0.4, 0.5) is 5.69 Å². The molecule has 0 aromatic heterocycles. The molecule has 6 nitrogen and oxygen atoms in total. The number of likely N-dealkylation sites (tertiary alicyclic amines) is 1. The van der Waals surface area contributed by atoms with Gasteiger partial charge in [0.1, 0.15) is 0 Å². The third-order valence-corrected chi connectivity index (χ3v) is 4.05. The van der Waals surface area contributed by atoms with Crippen LogP contribution in [-0.2, 0) is 4.79 Å². The maximum absolute atomic E-state index is 12.5. The van der Waals surface area contributed by atoms with Crippen molar-refractivity contribution in [1.82, 2.24) is 4.90 Å². The molecule has 1 aliphatic rings. The SMILES string of the molecule is CC(=O)Nc1ccc(C(=O)N2CC[C@@H](O)[C@@H](CO)C2)c(Cl)c1. The Labute approximate surface area is 133 Å². The highest BCUT2D eigenvalue weighted by molar-refractivity contribution is 6.34. The maximum Gasteiger partial charge on any atom is 0.255 e. The number of anilines is 1. The van der Waals surface area contributed by atoms with Gasteiger partial charge in [-0.2, -0.15) is 0 Å². The van der Waals surface area contributed by atoms with Crippen molar-refractivity contribution in [3.8, 4) is 0 Å². The van der Waals surface area contributed by atoms with Crippen molar-refractivity contribution in [2.75, 3.05) is 25.0 Å². The minimum atomic E-state index is -0.591. The summed E-state index contributed by atoms with van der Waals surface area (Å²) in [5.74, 6) is -0.800. The molecular formula is C15H19ClN2O4. The highest BCUT2D eigenvalue weighted by Crippen LogP contribution is 2.25. The van der Waals surface area contributed by atoms with Crippen molar-refractivity contribution < 1.29 is 19.8 Å². The van der Waals surface area contributed by atoms with Gasteiger partial charge < -0.3 is 20.4 Å². The van der Waals surface area contributed by atoms with Gasteiger partial charge in [0, 0.05) is 31.6 Å². The van der Waals surface area contributed by atoms with Crippen molar-refractivity contribution in [2.45, 2.75) is 19.4 Å². The summed E-state index contributed by atoms with van der Waals surface area (Å²) in [4.78, 5) is 25.1. The molecule has 0 radical (unpaired) electrons. The number of nitrogens with one attached hydrogen (secondary N) is 1. The first-order chi connectivity index (χ1) is 10.4. The third kappa shape index (κ3) is 3.76. The summed E-state index contributed by atoms with van der Waals surface area (Å²) in [6, 6.07) is 4.70. The number of aliphatic hydroxyl groups excluding tert-OH is 2. The summed E-state index contributed by atoms with van der Waals surface area (Å²) in [6.07, 6.45) is -0.162. The van der Waals surface area contributed by atoms with E-state index >= 15 is 0 Å². The van der Waals surface area contributed by atoms with Crippen LogP contribution in [0, 0.1) is 5.92 Å². The average Bonchev–Trinajstić information content (AvgIpc) is 2.46. The summed E-state index contributed by atoms with van der Waals surface area (Å²) < 4.78 is 0. The quantitative estimate of drug-likeness (QED) is 0.776. The second-order valence-corrected chi connectivity index (χ2v) is 5.83. The molecule has 1 aliphatic heterocycles. The number of hydrogen-bond donors (Lipinski definition) is 3. The lowest BCUT2D eigenvalue weighted by atomic mass is 9.95. The normalized spacial score (nSPS) is 21.5. The minimum Gasteiger partial charge on any atom is -0.396 e.